The summed E-state index contributed by atoms with van der Waals surface area (Å²) in [7, 11) is -3.68. The van der Waals surface area contributed by atoms with Crippen LogP contribution in [0, 0.1) is 6.92 Å². The Morgan fingerprint density at radius 1 is 1.30 bits per heavy atom. The molecule has 0 aliphatic heterocycles. The van der Waals surface area contributed by atoms with Gasteiger partial charge >= 0.3 is 0 Å². The molecule has 20 heavy (non-hydrogen) atoms. The average molecular weight is 312 g/mol. The molecule has 0 aliphatic carbocycles. The summed E-state index contributed by atoms with van der Waals surface area (Å²) in [6.45, 7) is 2.01. The first kappa shape index (κ1) is 14.8. The zero-order chi connectivity index (χ0) is 14.8. The number of aromatic nitrogens is 1. The molecule has 0 spiro atoms. The van der Waals surface area contributed by atoms with Gasteiger partial charge in [0.15, 0.2) is 0 Å². The van der Waals surface area contributed by atoms with Crippen LogP contribution in [0.1, 0.15) is 11.3 Å². The number of aryl methyl sites for hydroxylation is 1. The Labute approximate surface area is 122 Å². The summed E-state index contributed by atoms with van der Waals surface area (Å²) in [6, 6.07) is 7.92. The number of benzene rings is 1. The van der Waals surface area contributed by atoms with Crippen LogP contribution >= 0.6 is 11.6 Å². The normalized spacial score (nSPS) is 11.5. The van der Waals surface area contributed by atoms with E-state index in [1.54, 1.807) is 6.20 Å². The van der Waals surface area contributed by atoms with E-state index in [0.717, 1.165) is 11.3 Å². The zero-order valence-corrected chi connectivity index (χ0v) is 12.4. The number of sulfonamides is 1. The predicted octanol–water partition coefficient (Wildman–Crippen LogP) is 2.10. The SMILES string of the molecule is Cc1ccc(CNS(=O)(=O)c2ccc(N)cc2Cl)cn1. The summed E-state index contributed by atoms with van der Waals surface area (Å²) in [5.74, 6) is 0. The summed E-state index contributed by atoms with van der Waals surface area (Å²) in [6.07, 6.45) is 1.63. The molecule has 1 aromatic carbocycles. The Bertz CT molecular complexity index is 715. The number of hydrogen-bond donors (Lipinski definition) is 2. The van der Waals surface area contributed by atoms with Gasteiger partial charge in [0, 0.05) is 24.1 Å². The lowest BCUT2D eigenvalue weighted by Crippen LogP contribution is -2.23. The van der Waals surface area contributed by atoms with Crippen LogP contribution in [0.2, 0.25) is 5.02 Å². The number of nitrogens with one attached hydrogen (secondary N) is 1. The number of halogens is 1. The number of hydrogen-bond acceptors (Lipinski definition) is 4. The van der Waals surface area contributed by atoms with Gasteiger partial charge in [0.05, 0.1) is 5.02 Å². The van der Waals surface area contributed by atoms with E-state index in [4.69, 9.17) is 17.3 Å². The average Bonchev–Trinajstić information content (AvgIpc) is 2.37. The second kappa shape index (κ2) is 5.78. The summed E-state index contributed by atoms with van der Waals surface area (Å²) in [4.78, 5) is 4.11. The van der Waals surface area contributed by atoms with Gasteiger partial charge in [0.1, 0.15) is 4.90 Å². The molecule has 106 valence electrons. The monoisotopic (exact) mass is 311 g/mol. The summed E-state index contributed by atoms with van der Waals surface area (Å²) >= 11 is 5.91. The molecule has 7 heteroatoms. The first-order valence-corrected chi connectivity index (χ1v) is 7.71. The van der Waals surface area contributed by atoms with Gasteiger partial charge in [0.2, 0.25) is 10.0 Å². The van der Waals surface area contributed by atoms with E-state index >= 15 is 0 Å². The van der Waals surface area contributed by atoms with Crippen LogP contribution in [-0.4, -0.2) is 13.4 Å². The third-order valence-electron chi connectivity index (χ3n) is 2.68. The molecule has 2 rings (SSSR count). The molecular formula is C13H14ClN3O2S. The minimum atomic E-state index is -3.68. The minimum absolute atomic E-state index is 0.00781. The van der Waals surface area contributed by atoms with Crippen molar-refractivity contribution in [1.82, 2.24) is 9.71 Å². The van der Waals surface area contributed by atoms with E-state index in [9.17, 15) is 8.42 Å². The quantitative estimate of drug-likeness (QED) is 0.847. The molecule has 1 heterocycles. The third-order valence-corrected chi connectivity index (χ3v) is 4.57. The van der Waals surface area contributed by atoms with E-state index in [-0.39, 0.29) is 16.5 Å². The molecule has 3 N–H and O–H groups in total. The Morgan fingerprint density at radius 3 is 2.65 bits per heavy atom. The molecule has 0 atom stereocenters. The van der Waals surface area contributed by atoms with Gasteiger partial charge in [-0.3, -0.25) is 4.98 Å². The lowest BCUT2D eigenvalue weighted by Gasteiger charge is -2.09. The van der Waals surface area contributed by atoms with Crippen molar-refractivity contribution in [3.63, 3.8) is 0 Å². The molecule has 0 amide bonds. The molecule has 0 bridgehead atoms. The maximum atomic E-state index is 12.1. The minimum Gasteiger partial charge on any atom is -0.399 e. The lowest BCUT2D eigenvalue weighted by atomic mass is 10.2. The van der Waals surface area contributed by atoms with Crippen LogP contribution in [0.4, 0.5) is 5.69 Å². The van der Waals surface area contributed by atoms with E-state index < -0.39 is 10.0 Å². The summed E-state index contributed by atoms with van der Waals surface area (Å²) in [5.41, 5.74) is 7.60. The molecule has 0 aliphatic rings. The lowest BCUT2D eigenvalue weighted by molar-refractivity contribution is 0.581. The van der Waals surface area contributed by atoms with Crippen LogP contribution in [0.3, 0.4) is 0 Å². The highest BCUT2D eigenvalue weighted by Gasteiger charge is 2.17. The standard InChI is InChI=1S/C13H14ClN3O2S/c1-9-2-3-10(7-16-9)8-17-20(18,19)13-5-4-11(15)6-12(13)14/h2-7,17H,8,15H2,1H3. The van der Waals surface area contributed by atoms with Gasteiger partial charge in [-0.15, -0.1) is 0 Å². The second-order valence-corrected chi connectivity index (χ2v) is 6.46. The fourth-order valence-electron chi connectivity index (χ4n) is 1.59. The Balaban J connectivity index is 2.17. The zero-order valence-electron chi connectivity index (χ0n) is 10.8. The molecule has 0 radical (unpaired) electrons. The summed E-state index contributed by atoms with van der Waals surface area (Å²) < 4.78 is 26.8. The van der Waals surface area contributed by atoms with Crippen molar-refractivity contribution < 1.29 is 8.42 Å². The van der Waals surface area contributed by atoms with Crippen LogP contribution in [0.25, 0.3) is 0 Å². The smallest absolute Gasteiger partial charge is 0.242 e. The number of pyridine rings is 1. The number of nitrogens with zero attached hydrogens (tertiary/aromatic N) is 1. The molecule has 0 saturated heterocycles. The van der Waals surface area contributed by atoms with Crippen LogP contribution in [0.5, 0.6) is 0 Å². The van der Waals surface area contributed by atoms with Crippen molar-refractivity contribution in [2.24, 2.45) is 0 Å². The van der Waals surface area contributed by atoms with Gasteiger partial charge < -0.3 is 5.73 Å². The van der Waals surface area contributed by atoms with Crippen molar-refractivity contribution in [1.29, 1.82) is 0 Å². The molecule has 0 unspecified atom stereocenters. The topological polar surface area (TPSA) is 85.1 Å². The largest absolute Gasteiger partial charge is 0.399 e. The van der Waals surface area contributed by atoms with Crippen LogP contribution in [0.15, 0.2) is 41.4 Å². The van der Waals surface area contributed by atoms with Crippen molar-refractivity contribution >= 4 is 27.3 Å². The van der Waals surface area contributed by atoms with Gasteiger partial charge in [-0.25, -0.2) is 13.1 Å². The van der Waals surface area contributed by atoms with Gasteiger partial charge in [-0.1, -0.05) is 17.7 Å². The Kier molecular flexibility index (Phi) is 4.27. The first-order chi connectivity index (χ1) is 9.38. The summed E-state index contributed by atoms with van der Waals surface area (Å²) in [5, 5.41) is 0.0968. The van der Waals surface area contributed by atoms with Crippen molar-refractivity contribution in [2.75, 3.05) is 5.73 Å². The van der Waals surface area contributed by atoms with Crippen molar-refractivity contribution in [3.05, 3.63) is 52.8 Å². The molecule has 0 saturated carbocycles. The Morgan fingerprint density at radius 2 is 2.05 bits per heavy atom. The molecule has 1 aromatic heterocycles. The molecular weight excluding hydrogens is 298 g/mol. The molecule has 0 fully saturated rings. The Hall–Kier alpha value is -1.63. The van der Waals surface area contributed by atoms with Crippen LogP contribution in [-0.2, 0) is 16.6 Å². The first-order valence-electron chi connectivity index (χ1n) is 5.85. The van der Waals surface area contributed by atoms with E-state index in [1.165, 1.54) is 18.2 Å². The third kappa shape index (κ3) is 3.47. The highest BCUT2D eigenvalue weighted by molar-refractivity contribution is 7.89. The number of nitrogens with two attached hydrogens (primary N) is 1. The fraction of sp³-hybridized carbons (Fsp3) is 0.154. The van der Waals surface area contributed by atoms with E-state index in [1.807, 2.05) is 19.1 Å². The highest BCUT2D eigenvalue weighted by Crippen LogP contribution is 2.23. The van der Waals surface area contributed by atoms with Gasteiger partial charge in [-0.2, -0.15) is 0 Å². The maximum absolute atomic E-state index is 12.1. The van der Waals surface area contributed by atoms with Crippen molar-refractivity contribution in [3.8, 4) is 0 Å². The fourth-order valence-corrected chi connectivity index (χ4v) is 3.16. The number of rotatable bonds is 4. The predicted molar refractivity (Wildman–Crippen MR) is 78.9 cm³/mol. The highest BCUT2D eigenvalue weighted by atomic mass is 35.5. The van der Waals surface area contributed by atoms with E-state index in [2.05, 4.69) is 9.71 Å². The van der Waals surface area contributed by atoms with Crippen LogP contribution < -0.4 is 10.5 Å². The van der Waals surface area contributed by atoms with E-state index in [0.29, 0.717) is 5.69 Å². The maximum Gasteiger partial charge on any atom is 0.242 e. The molecule has 2 aromatic rings. The number of anilines is 1. The number of nitrogen functional groups attached to an aromatic ring is 1. The molecule has 5 nitrogen and oxygen atoms in total. The second-order valence-electron chi connectivity index (χ2n) is 4.32. The van der Waals surface area contributed by atoms with Crippen molar-refractivity contribution in [2.45, 2.75) is 18.4 Å². The van der Waals surface area contributed by atoms with Gasteiger partial charge in [-0.05, 0) is 36.8 Å². The van der Waals surface area contributed by atoms with Gasteiger partial charge in [0.25, 0.3) is 0 Å².